The zero-order valence-electron chi connectivity index (χ0n) is 14.5. The molecule has 4 nitrogen and oxygen atoms in total. The molecule has 0 aliphatic heterocycles. The summed E-state index contributed by atoms with van der Waals surface area (Å²) < 4.78 is 5.21. The van der Waals surface area contributed by atoms with Crippen molar-refractivity contribution in [2.24, 2.45) is 5.92 Å². The van der Waals surface area contributed by atoms with E-state index < -0.39 is 0 Å². The van der Waals surface area contributed by atoms with Crippen LogP contribution in [-0.2, 0) is 0 Å². The fourth-order valence-electron chi connectivity index (χ4n) is 2.85. The molecule has 1 atom stereocenters. The molecular weight excluding hydrogens is 300 g/mol. The summed E-state index contributed by atoms with van der Waals surface area (Å²) in [7, 11) is 5.64. The van der Waals surface area contributed by atoms with Gasteiger partial charge in [0.05, 0.1) is 13.2 Å². The van der Waals surface area contributed by atoms with Crippen LogP contribution in [0.4, 0.5) is 5.69 Å². The minimum Gasteiger partial charge on any atom is -0.497 e. The lowest BCUT2D eigenvalue weighted by Crippen LogP contribution is -2.29. The predicted octanol–water partition coefficient (Wildman–Crippen LogP) is 3.64. The number of carbonyl (C=O) groups is 1. The van der Waals surface area contributed by atoms with Crippen LogP contribution in [-0.4, -0.2) is 27.1 Å². The molecule has 1 saturated carbocycles. The van der Waals surface area contributed by atoms with Gasteiger partial charge in [-0.1, -0.05) is 12.1 Å². The quantitative estimate of drug-likeness (QED) is 0.882. The molecule has 4 heteroatoms. The number of rotatable bonds is 6. The number of anilines is 1. The van der Waals surface area contributed by atoms with Gasteiger partial charge in [-0.25, -0.2) is 0 Å². The van der Waals surface area contributed by atoms with E-state index in [1.54, 1.807) is 7.11 Å². The molecule has 2 aromatic carbocycles. The molecule has 3 rings (SSSR count). The van der Waals surface area contributed by atoms with Gasteiger partial charge in [0.2, 0.25) is 0 Å². The third kappa shape index (κ3) is 3.70. The minimum absolute atomic E-state index is 0.0203. The van der Waals surface area contributed by atoms with Gasteiger partial charge in [0, 0.05) is 25.3 Å². The maximum atomic E-state index is 12.6. The second-order valence-corrected chi connectivity index (χ2v) is 6.50. The van der Waals surface area contributed by atoms with Crippen molar-refractivity contribution in [1.29, 1.82) is 0 Å². The van der Waals surface area contributed by atoms with Crippen LogP contribution in [0.25, 0.3) is 0 Å². The van der Waals surface area contributed by atoms with Crippen LogP contribution in [0.2, 0.25) is 0 Å². The third-order valence-corrected chi connectivity index (χ3v) is 4.50. The van der Waals surface area contributed by atoms with Crippen molar-refractivity contribution in [2.75, 3.05) is 26.1 Å². The van der Waals surface area contributed by atoms with E-state index in [0.717, 1.165) is 29.8 Å². The molecule has 1 unspecified atom stereocenters. The summed E-state index contributed by atoms with van der Waals surface area (Å²) in [5.41, 5.74) is 2.91. The highest BCUT2D eigenvalue weighted by molar-refractivity contribution is 5.94. The first kappa shape index (κ1) is 16.4. The topological polar surface area (TPSA) is 41.6 Å². The maximum absolute atomic E-state index is 12.6. The molecule has 0 aromatic heterocycles. The molecule has 2 aromatic rings. The molecule has 0 bridgehead atoms. The molecular formula is C20H24N2O2. The number of nitrogens with zero attached hydrogens (tertiary/aromatic N) is 1. The van der Waals surface area contributed by atoms with Gasteiger partial charge in [-0.15, -0.1) is 0 Å². The van der Waals surface area contributed by atoms with Crippen molar-refractivity contribution in [1.82, 2.24) is 5.32 Å². The second kappa shape index (κ2) is 6.95. The van der Waals surface area contributed by atoms with Gasteiger partial charge < -0.3 is 15.0 Å². The van der Waals surface area contributed by atoms with Crippen molar-refractivity contribution in [3.05, 3.63) is 59.7 Å². The summed E-state index contributed by atoms with van der Waals surface area (Å²) in [5.74, 6) is 1.34. The molecule has 24 heavy (non-hydrogen) atoms. The van der Waals surface area contributed by atoms with Crippen molar-refractivity contribution in [3.63, 3.8) is 0 Å². The Labute approximate surface area is 143 Å². The SMILES string of the molecule is COc1ccc(C(NC(=O)c2ccc(N(C)C)cc2)C2CC2)cc1. The molecule has 126 valence electrons. The second-order valence-electron chi connectivity index (χ2n) is 6.50. The number of ether oxygens (including phenoxy) is 1. The third-order valence-electron chi connectivity index (χ3n) is 4.50. The van der Waals surface area contributed by atoms with Gasteiger partial charge in [-0.3, -0.25) is 4.79 Å². The van der Waals surface area contributed by atoms with E-state index in [1.807, 2.05) is 67.5 Å². The summed E-state index contributed by atoms with van der Waals surface area (Å²) in [4.78, 5) is 14.6. The van der Waals surface area contributed by atoms with Gasteiger partial charge in [0.1, 0.15) is 5.75 Å². The number of hydrogen-bond acceptors (Lipinski definition) is 3. The van der Waals surface area contributed by atoms with Gasteiger partial charge in [0.15, 0.2) is 0 Å². The van der Waals surface area contributed by atoms with E-state index in [9.17, 15) is 4.79 Å². The molecule has 1 amide bonds. The van der Waals surface area contributed by atoms with Gasteiger partial charge in [-0.2, -0.15) is 0 Å². The first-order valence-electron chi connectivity index (χ1n) is 8.30. The molecule has 1 fully saturated rings. The Bertz CT molecular complexity index is 689. The molecule has 1 aliphatic carbocycles. The fourth-order valence-corrected chi connectivity index (χ4v) is 2.85. The molecule has 1 N–H and O–H groups in total. The number of methoxy groups -OCH3 is 1. The standard InChI is InChI=1S/C20H24N2O2/c1-22(2)17-10-6-16(7-11-17)20(23)21-19(14-4-5-14)15-8-12-18(24-3)13-9-15/h6-14,19H,4-5H2,1-3H3,(H,21,23). The molecule has 0 spiro atoms. The van der Waals surface area contributed by atoms with E-state index in [1.165, 1.54) is 0 Å². The zero-order valence-corrected chi connectivity index (χ0v) is 14.5. The van der Waals surface area contributed by atoms with Crippen molar-refractivity contribution in [3.8, 4) is 5.75 Å². The number of benzene rings is 2. The number of amides is 1. The van der Waals surface area contributed by atoms with Crippen molar-refractivity contribution in [2.45, 2.75) is 18.9 Å². The molecule has 0 radical (unpaired) electrons. The van der Waals surface area contributed by atoms with Crippen LogP contribution >= 0.6 is 0 Å². The highest BCUT2D eigenvalue weighted by Crippen LogP contribution is 2.41. The van der Waals surface area contributed by atoms with E-state index in [0.29, 0.717) is 11.5 Å². The van der Waals surface area contributed by atoms with Crippen LogP contribution in [0.5, 0.6) is 5.75 Å². The van der Waals surface area contributed by atoms with Crippen molar-refractivity contribution < 1.29 is 9.53 Å². The Balaban J connectivity index is 1.74. The number of carbonyl (C=O) groups excluding carboxylic acids is 1. The summed E-state index contributed by atoms with van der Waals surface area (Å²) in [6, 6.07) is 15.7. The average molecular weight is 324 g/mol. The van der Waals surface area contributed by atoms with Crippen LogP contribution in [0.3, 0.4) is 0 Å². The zero-order chi connectivity index (χ0) is 17.1. The number of nitrogens with one attached hydrogen (secondary N) is 1. The van der Waals surface area contributed by atoms with E-state index in [-0.39, 0.29) is 11.9 Å². The van der Waals surface area contributed by atoms with Crippen LogP contribution in [0.15, 0.2) is 48.5 Å². The Morgan fingerprint density at radius 1 is 1.08 bits per heavy atom. The lowest BCUT2D eigenvalue weighted by molar-refractivity contribution is 0.0931. The Hall–Kier alpha value is -2.49. The summed E-state index contributed by atoms with van der Waals surface area (Å²) >= 11 is 0. The Kier molecular flexibility index (Phi) is 4.74. The largest absolute Gasteiger partial charge is 0.497 e. The average Bonchev–Trinajstić information content (AvgIpc) is 3.44. The normalized spacial score (nSPS) is 14.8. The van der Waals surface area contributed by atoms with E-state index in [2.05, 4.69) is 5.32 Å². The fraction of sp³-hybridized carbons (Fsp3) is 0.350. The number of hydrogen-bond donors (Lipinski definition) is 1. The van der Waals surface area contributed by atoms with E-state index >= 15 is 0 Å². The highest BCUT2D eigenvalue weighted by atomic mass is 16.5. The van der Waals surface area contributed by atoms with Crippen LogP contribution < -0.4 is 15.0 Å². The maximum Gasteiger partial charge on any atom is 0.251 e. The van der Waals surface area contributed by atoms with Crippen molar-refractivity contribution >= 4 is 11.6 Å². The summed E-state index contributed by atoms with van der Waals surface area (Å²) in [6.45, 7) is 0. The highest BCUT2D eigenvalue weighted by Gasteiger charge is 2.33. The molecule has 1 aliphatic rings. The molecule has 0 heterocycles. The smallest absolute Gasteiger partial charge is 0.251 e. The minimum atomic E-state index is -0.0203. The van der Waals surface area contributed by atoms with E-state index in [4.69, 9.17) is 4.74 Å². The summed E-state index contributed by atoms with van der Waals surface area (Å²) in [6.07, 6.45) is 2.33. The first-order valence-corrected chi connectivity index (χ1v) is 8.30. The lowest BCUT2D eigenvalue weighted by Gasteiger charge is -2.19. The van der Waals surface area contributed by atoms with Crippen LogP contribution in [0, 0.1) is 5.92 Å². The molecule has 0 saturated heterocycles. The van der Waals surface area contributed by atoms with Crippen LogP contribution in [0.1, 0.15) is 34.8 Å². The lowest BCUT2D eigenvalue weighted by atomic mass is 10.0. The first-order chi connectivity index (χ1) is 11.6. The van der Waals surface area contributed by atoms with Gasteiger partial charge >= 0.3 is 0 Å². The Morgan fingerprint density at radius 2 is 1.71 bits per heavy atom. The van der Waals surface area contributed by atoms with Gasteiger partial charge in [-0.05, 0) is 60.7 Å². The van der Waals surface area contributed by atoms with Gasteiger partial charge in [0.25, 0.3) is 5.91 Å². The summed E-state index contributed by atoms with van der Waals surface area (Å²) in [5, 5.41) is 3.20. The predicted molar refractivity (Wildman–Crippen MR) is 96.7 cm³/mol. The Morgan fingerprint density at radius 3 is 2.21 bits per heavy atom. The monoisotopic (exact) mass is 324 g/mol.